The molecular formula is C15H14N2O6S2. The Kier molecular flexibility index (Phi) is 6.10. The number of thiocarbonyl (C=S) groups is 1. The summed E-state index contributed by atoms with van der Waals surface area (Å²) in [4.78, 5) is 35.0. The fraction of sp³-hybridized carbons (Fsp3) is 0.267. The van der Waals surface area contributed by atoms with Crippen LogP contribution in [-0.4, -0.2) is 44.8 Å². The molecule has 0 bridgehead atoms. The number of nitro benzene ring substituents is 1. The summed E-state index contributed by atoms with van der Waals surface area (Å²) in [6.07, 6.45) is 1.71. The zero-order valence-electron chi connectivity index (χ0n) is 13.1. The van der Waals surface area contributed by atoms with E-state index in [0.717, 1.165) is 11.8 Å². The third-order valence-electron chi connectivity index (χ3n) is 3.36. The van der Waals surface area contributed by atoms with E-state index in [-0.39, 0.29) is 31.0 Å². The van der Waals surface area contributed by atoms with Gasteiger partial charge >= 0.3 is 5.97 Å². The van der Waals surface area contributed by atoms with Gasteiger partial charge in [-0.05, 0) is 18.6 Å². The number of carbonyl (C=O) groups excluding carboxylic acids is 1. The van der Waals surface area contributed by atoms with E-state index in [1.165, 1.54) is 36.3 Å². The second-order valence-electron chi connectivity index (χ2n) is 5.01. The van der Waals surface area contributed by atoms with Crippen LogP contribution in [0.5, 0.6) is 5.75 Å². The highest BCUT2D eigenvalue weighted by molar-refractivity contribution is 8.26. The number of benzene rings is 1. The number of aliphatic carboxylic acids is 1. The number of carboxylic acid groups (broad SMARTS) is 1. The molecule has 1 aromatic carbocycles. The van der Waals surface area contributed by atoms with Gasteiger partial charge in [-0.1, -0.05) is 24.0 Å². The second-order valence-corrected chi connectivity index (χ2v) is 6.69. The standard InChI is InChI=1S/C15H14N2O6S2/c1-23-11-5-4-10(17(21)22)7-9(11)8-12-14(20)16(15(24)25-12)6-2-3-13(18)19/h4-5,7-8H,2-3,6H2,1H3,(H,18,19). The SMILES string of the molecule is COc1ccc([N+](=O)[O-])cc1C=C1SC(=S)N(CCCC(=O)O)C1=O. The number of rotatable bonds is 7. The smallest absolute Gasteiger partial charge is 0.303 e. The van der Waals surface area contributed by atoms with Crippen molar-refractivity contribution in [3.05, 3.63) is 38.8 Å². The van der Waals surface area contributed by atoms with Crippen LogP contribution < -0.4 is 4.74 Å². The van der Waals surface area contributed by atoms with Crippen LogP contribution in [0.1, 0.15) is 18.4 Å². The van der Waals surface area contributed by atoms with Gasteiger partial charge in [0.15, 0.2) is 0 Å². The van der Waals surface area contributed by atoms with Crippen LogP contribution in [0.3, 0.4) is 0 Å². The topological polar surface area (TPSA) is 110 Å². The molecule has 1 aromatic rings. The molecule has 1 saturated heterocycles. The Balaban J connectivity index is 2.25. The van der Waals surface area contributed by atoms with E-state index in [1.807, 2.05) is 0 Å². The van der Waals surface area contributed by atoms with Crippen LogP contribution in [0.25, 0.3) is 6.08 Å². The van der Waals surface area contributed by atoms with E-state index < -0.39 is 10.9 Å². The molecule has 132 valence electrons. The first-order valence-corrected chi connectivity index (χ1v) is 8.35. The molecule has 25 heavy (non-hydrogen) atoms. The summed E-state index contributed by atoms with van der Waals surface area (Å²) in [7, 11) is 1.43. The number of nitrogens with zero attached hydrogens (tertiary/aromatic N) is 2. The number of carbonyl (C=O) groups is 2. The highest BCUT2D eigenvalue weighted by Crippen LogP contribution is 2.35. The summed E-state index contributed by atoms with van der Waals surface area (Å²) >= 11 is 6.22. The minimum Gasteiger partial charge on any atom is -0.496 e. The summed E-state index contributed by atoms with van der Waals surface area (Å²) in [5, 5.41) is 19.6. The van der Waals surface area contributed by atoms with Crippen molar-refractivity contribution < 1.29 is 24.4 Å². The van der Waals surface area contributed by atoms with E-state index in [4.69, 9.17) is 22.1 Å². The lowest BCUT2D eigenvalue weighted by molar-refractivity contribution is -0.384. The molecule has 0 aromatic heterocycles. The molecule has 1 N–H and O–H groups in total. The third kappa shape index (κ3) is 4.54. The molecule has 1 fully saturated rings. The van der Waals surface area contributed by atoms with Gasteiger partial charge < -0.3 is 9.84 Å². The van der Waals surface area contributed by atoms with Gasteiger partial charge in [-0.3, -0.25) is 24.6 Å². The van der Waals surface area contributed by atoms with Gasteiger partial charge in [-0.2, -0.15) is 0 Å². The number of non-ortho nitro benzene ring substituents is 1. The predicted octanol–water partition coefficient (Wildman–Crippen LogP) is 2.67. The molecule has 1 aliphatic heterocycles. The van der Waals surface area contributed by atoms with Crippen LogP contribution in [0.2, 0.25) is 0 Å². The van der Waals surface area contributed by atoms with Crippen LogP contribution in [0.4, 0.5) is 5.69 Å². The van der Waals surface area contributed by atoms with Crippen molar-refractivity contribution in [1.29, 1.82) is 0 Å². The Morgan fingerprint density at radius 3 is 2.84 bits per heavy atom. The summed E-state index contributed by atoms with van der Waals surface area (Å²) in [6, 6.07) is 4.08. The molecule has 0 aliphatic carbocycles. The van der Waals surface area contributed by atoms with Gasteiger partial charge in [0.25, 0.3) is 11.6 Å². The zero-order chi connectivity index (χ0) is 18.6. The summed E-state index contributed by atoms with van der Waals surface area (Å²) in [5.74, 6) is -0.905. The molecule has 2 rings (SSSR count). The Hall–Kier alpha value is -2.46. The Morgan fingerprint density at radius 1 is 1.52 bits per heavy atom. The first-order valence-electron chi connectivity index (χ1n) is 7.13. The monoisotopic (exact) mass is 382 g/mol. The second kappa shape index (κ2) is 8.08. The van der Waals surface area contributed by atoms with Crippen molar-refractivity contribution in [3.63, 3.8) is 0 Å². The molecule has 0 atom stereocenters. The first-order chi connectivity index (χ1) is 11.8. The van der Waals surface area contributed by atoms with Crippen molar-refractivity contribution in [2.24, 2.45) is 0 Å². The summed E-state index contributed by atoms with van der Waals surface area (Å²) < 4.78 is 5.50. The number of nitro groups is 1. The van der Waals surface area contributed by atoms with Crippen molar-refractivity contribution >= 4 is 51.9 Å². The lowest BCUT2D eigenvalue weighted by Crippen LogP contribution is -2.29. The Bertz CT molecular complexity index is 777. The number of hydrogen-bond acceptors (Lipinski definition) is 7. The molecule has 0 radical (unpaired) electrons. The summed E-state index contributed by atoms with van der Waals surface area (Å²) in [6.45, 7) is 0.209. The molecule has 10 heteroatoms. The van der Waals surface area contributed by atoms with Crippen molar-refractivity contribution in [2.45, 2.75) is 12.8 Å². The van der Waals surface area contributed by atoms with Crippen LogP contribution in [0.15, 0.2) is 23.1 Å². The highest BCUT2D eigenvalue weighted by Gasteiger charge is 2.32. The first kappa shape index (κ1) is 18.9. The van der Waals surface area contributed by atoms with E-state index in [9.17, 15) is 19.7 Å². The van der Waals surface area contributed by atoms with Gasteiger partial charge in [0, 0.05) is 30.7 Å². The number of hydrogen-bond donors (Lipinski definition) is 1. The van der Waals surface area contributed by atoms with Crippen molar-refractivity contribution in [2.75, 3.05) is 13.7 Å². The molecule has 0 unspecified atom stereocenters. The molecule has 1 amide bonds. The quantitative estimate of drug-likeness (QED) is 0.332. The lowest BCUT2D eigenvalue weighted by Gasteiger charge is -2.13. The Morgan fingerprint density at radius 2 is 2.24 bits per heavy atom. The van der Waals surface area contributed by atoms with Crippen LogP contribution in [-0.2, 0) is 9.59 Å². The fourth-order valence-electron chi connectivity index (χ4n) is 2.17. The van der Waals surface area contributed by atoms with Gasteiger partial charge in [0.05, 0.1) is 16.9 Å². The minimum absolute atomic E-state index is 0.0607. The Labute approximate surface area is 152 Å². The molecule has 0 saturated carbocycles. The fourth-order valence-corrected chi connectivity index (χ4v) is 3.47. The largest absolute Gasteiger partial charge is 0.496 e. The number of methoxy groups -OCH3 is 1. The number of carboxylic acids is 1. The van der Waals surface area contributed by atoms with Gasteiger partial charge in [-0.15, -0.1) is 0 Å². The average molecular weight is 382 g/mol. The zero-order valence-corrected chi connectivity index (χ0v) is 14.8. The molecular weight excluding hydrogens is 368 g/mol. The minimum atomic E-state index is -0.942. The van der Waals surface area contributed by atoms with Crippen molar-refractivity contribution in [3.8, 4) is 5.75 Å². The average Bonchev–Trinajstić information content (AvgIpc) is 2.81. The molecule has 1 aliphatic rings. The van der Waals surface area contributed by atoms with E-state index in [1.54, 1.807) is 0 Å². The number of thioether (sulfide) groups is 1. The maximum atomic E-state index is 12.4. The maximum absolute atomic E-state index is 12.4. The predicted molar refractivity (Wildman–Crippen MR) is 96.4 cm³/mol. The maximum Gasteiger partial charge on any atom is 0.303 e. The van der Waals surface area contributed by atoms with E-state index >= 15 is 0 Å². The molecule has 1 heterocycles. The highest BCUT2D eigenvalue weighted by atomic mass is 32.2. The van der Waals surface area contributed by atoms with Crippen molar-refractivity contribution in [1.82, 2.24) is 4.90 Å². The number of amides is 1. The van der Waals surface area contributed by atoms with Gasteiger partial charge in [-0.25, -0.2) is 0 Å². The third-order valence-corrected chi connectivity index (χ3v) is 4.73. The molecule has 0 spiro atoms. The summed E-state index contributed by atoms with van der Waals surface area (Å²) in [5.41, 5.74) is 0.270. The lowest BCUT2D eigenvalue weighted by atomic mass is 10.1. The normalized spacial score (nSPS) is 15.7. The van der Waals surface area contributed by atoms with E-state index in [2.05, 4.69) is 0 Å². The van der Waals surface area contributed by atoms with Crippen LogP contribution in [0, 0.1) is 10.1 Å². The van der Waals surface area contributed by atoms with Gasteiger partial charge in [0.1, 0.15) is 10.1 Å². The number of ether oxygens (including phenoxy) is 1. The molecule has 8 nitrogen and oxygen atoms in total. The van der Waals surface area contributed by atoms with Crippen LogP contribution >= 0.6 is 24.0 Å². The van der Waals surface area contributed by atoms with E-state index in [0.29, 0.717) is 20.5 Å². The van der Waals surface area contributed by atoms with Gasteiger partial charge in [0.2, 0.25) is 0 Å².